The minimum atomic E-state index is -0.653. The van der Waals surface area contributed by atoms with E-state index >= 15 is 0 Å². The third-order valence-corrected chi connectivity index (χ3v) is 5.34. The Bertz CT molecular complexity index is 587. The standard InChI is InChI=1S/C21H36N2O4/c1-15-13-27-18(20(2,3)14-25-6)11-17(15)23-19(24)21(4,5)22-12-16-7-9-26-10-8-16/h11,16,22H,7-10,12-14H2,1-6H3,(H,23,24). The van der Waals surface area contributed by atoms with E-state index < -0.39 is 5.54 Å². The van der Waals surface area contributed by atoms with Crippen LogP contribution >= 0.6 is 0 Å². The predicted octanol–water partition coefficient (Wildman–Crippen LogP) is 2.76. The van der Waals surface area contributed by atoms with E-state index in [-0.39, 0.29) is 11.3 Å². The van der Waals surface area contributed by atoms with E-state index in [1.54, 1.807) is 7.11 Å². The van der Waals surface area contributed by atoms with Crippen LogP contribution < -0.4 is 10.6 Å². The quantitative estimate of drug-likeness (QED) is 0.678. The topological polar surface area (TPSA) is 68.8 Å². The maximum absolute atomic E-state index is 12.9. The van der Waals surface area contributed by atoms with Crippen molar-refractivity contribution >= 4 is 5.91 Å². The van der Waals surface area contributed by atoms with Crippen molar-refractivity contribution in [3.8, 4) is 0 Å². The highest BCUT2D eigenvalue weighted by Gasteiger charge is 2.32. The number of hydrogen-bond acceptors (Lipinski definition) is 5. The lowest BCUT2D eigenvalue weighted by Crippen LogP contribution is -2.54. The highest BCUT2D eigenvalue weighted by Crippen LogP contribution is 2.31. The number of nitrogens with one attached hydrogen (secondary N) is 2. The Kier molecular flexibility index (Phi) is 7.48. The molecule has 0 atom stereocenters. The first-order chi connectivity index (χ1) is 12.7. The van der Waals surface area contributed by atoms with Gasteiger partial charge in [0.15, 0.2) is 0 Å². The van der Waals surface area contributed by atoms with Crippen LogP contribution in [0.2, 0.25) is 0 Å². The third-order valence-electron chi connectivity index (χ3n) is 5.34. The van der Waals surface area contributed by atoms with Crippen molar-refractivity contribution < 1.29 is 19.0 Å². The van der Waals surface area contributed by atoms with Crippen LogP contribution in [0.1, 0.15) is 47.5 Å². The van der Waals surface area contributed by atoms with Crippen LogP contribution in [0.4, 0.5) is 0 Å². The average Bonchev–Trinajstić information content (AvgIpc) is 2.62. The number of methoxy groups -OCH3 is 1. The molecule has 0 aromatic rings. The molecule has 1 amide bonds. The number of ether oxygens (including phenoxy) is 3. The van der Waals surface area contributed by atoms with Crippen LogP contribution in [0, 0.1) is 11.3 Å². The maximum atomic E-state index is 12.9. The lowest BCUT2D eigenvalue weighted by molar-refractivity contribution is -0.125. The summed E-state index contributed by atoms with van der Waals surface area (Å²) >= 11 is 0. The largest absolute Gasteiger partial charge is 0.493 e. The van der Waals surface area contributed by atoms with Crippen LogP contribution in [-0.4, -0.2) is 51.5 Å². The summed E-state index contributed by atoms with van der Waals surface area (Å²) in [4.78, 5) is 12.9. The lowest BCUT2D eigenvalue weighted by Gasteiger charge is -2.32. The van der Waals surface area contributed by atoms with E-state index in [4.69, 9.17) is 14.2 Å². The average molecular weight is 381 g/mol. The number of rotatable bonds is 8. The highest BCUT2D eigenvalue weighted by molar-refractivity contribution is 5.87. The number of allylic oxidation sites excluding steroid dienone is 1. The molecule has 2 aliphatic rings. The molecule has 0 aromatic heterocycles. The maximum Gasteiger partial charge on any atom is 0.244 e. The Morgan fingerprint density at radius 3 is 2.56 bits per heavy atom. The van der Waals surface area contributed by atoms with E-state index in [0.29, 0.717) is 19.1 Å². The van der Waals surface area contributed by atoms with Crippen molar-refractivity contribution in [2.45, 2.75) is 53.0 Å². The molecule has 0 aromatic carbocycles. The van der Waals surface area contributed by atoms with E-state index in [1.165, 1.54) is 0 Å². The highest BCUT2D eigenvalue weighted by atomic mass is 16.5. The summed E-state index contributed by atoms with van der Waals surface area (Å²) in [6, 6.07) is 0. The Labute approximate surface area is 163 Å². The first-order valence-electron chi connectivity index (χ1n) is 9.83. The van der Waals surface area contributed by atoms with Crippen molar-refractivity contribution in [2.24, 2.45) is 11.3 Å². The van der Waals surface area contributed by atoms with Crippen molar-refractivity contribution in [2.75, 3.05) is 40.1 Å². The van der Waals surface area contributed by atoms with Gasteiger partial charge >= 0.3 is 0 Å². The fourth-order valence-corrected chi connectivity index (χ4v) is 3.23. The predicted molar refractivity (Wildman–Crippen MR) is 106 cm³/mol. The zero-order valence-electron chi connectivity index (χ0n) is 17.7. The molecule has 2 aliphatic heterocycles. The molecule has 0 unspecified atom stereocenters. The molecule has 0 aliphatic carbocycles. The first-order valence-corrected chi connectivity index (χ1v) is 9.83. The summed E-state index contributed by atoms with van der Waals surface area (Å²) in [5, 5.41) is 6.53. The molecule has 6 heteroatoms. The molecular formula is C21H36N2O4. The van der Waals surface area contributed by atoms with Gasteiger partial charge in [-0.2, -0.15) is 0 Å². The monoisotopic (exact) mass is 380 g/mol. The minimum absolute atomic E-state index is 0.0362. The first kappa shape index (κ1) is 21.9. The van der Waals surface area contributed by atoms with Crippen molar-refractivity contribution in [1.29, 1.82) is 0 Å². The molecule has 154 valence electrons. The molecule has 0 bridgehead atoms. The minimum Gasteiger partial charge on any atom is -0.493 e. The zero-order valence-corrected chi connectivity index (χ0v) is 17.7. The van der Waals surface area contributed by atoms with Gasteiger partial charge in [-0.05, 0) is 51.6 Å². The summed E-state index contributed by atoms with van der Waals surface area (Å²) in [6.07, 6.45) is 4.03. The van der Waals surface area contributed by atoms with Crippen LogP contribution in [0.15, 0.2) is 23.1 Å². The van der Waals surface area contributed by atoms with Gasteiger partial charge in [0.25, 0.3) is 0 Å². The Morgan fingerprint density at radius 2 is 1.93 bits per heavy atom. The molecule has 0 spiro atoms. The smallest absolute Gasteiger partial charge is 0.244 e. The second-order valence-electron chi connectivity index (χ2n) is 8.82. The fraction of sp³-hybridized carbons (Fsp3) is 0.762. The van der Waals surface area contributed by atoms with Gasteiger partial charge in [-0.15, -0.1) is 0 Å². The molecule has 6 nitrogen and oxygen atoms in total. The van der Waals surface area contributed by atoms with E-state index in [2.05, 4.69) is 24.5 Å². The second kappa shape index (κ2) is 9.22. The molecular weight excluding hydrogens is 344 g/mol. The summed E-state index contributed by atoms with van der Waals surface area (Å²) in [6.45, 7) is 13.5. The van der Waals surface area contributed by atoms with Crippen LogP contribution in [0.5, 0.6) is 0 Å². The van der Waals surface area contributed by atoms with Gasteiger partial charge in [0.05, 0.1) is 12.1 Å². The van der Waals surface area contributed by atoms with Gasteiger partial charge in [0.2, 0.25) is 5.91 Å². The molecule has 2 heterocycles. The number of hydrogen-bond donors (Lipinski definition) is 2. The Hall–Kier alpha value is -1.37. The van der Waals surface area contributed by atoms with Gasteiger partial charge in [-0.25, -0.2) is 0 Å². The second-order valence-corrected chi connectivity index (χ2v) is 8.82. The van der Waals surface area contributed by atoms with Gasteiger partial charge in [-0.1, -0.05) is 13.8 Å². The number of carbonyl (C=O) groups excluding carboxylic acids is 1. The van der Waals surface area contributed by atoms with Crippen LogP contribution in [-0.2, 0) is 19.0 Å². The lowest BCUT2D eigenvalue weighted by atomic mass is 9.90. The molecule has 27 heavy (non-hydrogen) atoms. The summed E-state index contributed by atoms with van der Waals surface area (Å²) in [7, 11) is 1.68. The third kappa shape index (κ3) is 6.06. The normalized spacial score (nSPS) is 19.6. The fourth-order valence-electron chi connectivity index (χ4n) is 3.23. The molecule has 1 saturated heterocycles. The summed E-state index contributed by atoms with van der Waals surface area (Å²) in [5.41, 5.74) is 0.939. The van der Waals surface area contributed by atoms with Gasteiger partial charge < -0.3 is 24.8 Å². The zero-order chi connectivity index (χ0) is 20.1. The summed E-state index contributed by atoms with van der Waals surface area (Å²) < 4.78 is 16.6. The molecule has 0 saturated carbocycles. The van der Waals surface area contributed by atoms with E-state index in [9.17, 15) is 4.79 Å². The van der Waals surface area contributed by atoms with Gasteiger partial charge in [0.1, 0.15) is 12.4 Å². The SMILES string of the molecule is COCC(C)(C)C1=CC(NC(=O)C(C)(C)NCC2CCOCC2)=C(C)CO1. The van der Waals surface area contributed by atoms with E-state index in [1.807, 2.05) is 26.8 Å². The summed E-state index contributed by atoms with van der Waals surface area (Å²) in [5.74, 6) is 1.36. The number of amides is 1. The molecule has 1 fully saturated rings. The van der Waals surface area contributed by atoms with Crippen LogP contribution in [0.25, 0.3) is 0 Å². The van der Waals surface area contributed by atoms with Gasteiger partial charge in [0, 0.05) is 37.5 Å². The van der Waals surface area contributed by atoms with Crippen molar-refractivity contribution in [1.82, 2.24) is 10.6 Å². The number of carbonyl (C=O) groups is 1. The molecule has 2 N–H and O–H groups in total. The molecule has 2 rings (SSSR count). The van der Waals surface area contributed by atoms with E-state index in [0.717, 1.165) is 49.6 Å². The molecule has 0 radical (unpaired) electrons. The van der Waals surface area contributed by atoms with Crippen molar-refractivity contribution in [3.63, 3.8) is 0 Å². The Balaban J connectivity index is 2.00. The Morgan fingerprint density at radius 1 is 1.26 bits per heavy atom. The van der Waals surface area contributed by atoms with Crippen LogP contribution in [0.3, 0.4) is 0 Å². The van der Waals surface area contributed by atoms with Gasteiger partial charge in [-0.3, -0.25) is 4.79 Å². The van der Waals surface area contributed by atoms with Crippen molar-refractivity contribution in [3.05, 3.63) is 23.1 Å².